The molecule has 1 N–H and O–H groups in total. The van der Waals surface area contributed by atoms with Crippen LogP contribution in [0.3, 0.4) is 0 Å². The fourth-order valence-corrected chi connectivity index (χ4v) is 8.49. The predicted octanol–water partition coefficient (Wildman–Crippen LogP) is 7.80. The Hall–Kier alpha value is -1.67. The van der Waals surface area contributed by atoms with Crippen LogP contribution in [-0.4, -0.2) is 91.0 Å². The summed E-state index contributed by atoms with van der Waals surface area (Å²) in [6.07, 6.45) is 9.22. The van der Waals surface area contributed by atoms with Gasteiger partial charge in [0.1, 0.15) is 36.6 Å². The first-order chi connectivity index (χ1) is 25.7. The van der Waals surface area contributed by atoms with E-state index in [0.717, 1.165) is 63.4 Å². The standard InChI is InChI=1S/C42H66O11/c1-5-6-17-24-30-25-20-14-12-10-8-7-9-11-13-15-21-26-32(43)49-36-33(44)40(48-31-27-45-39(50-35(31)36)29-22-18-16-19-23-29)51-38-37-34(52-42(3,4)53-37)28(2)46-41(38)47-30/h16,18-19,22-23,28,30-31,33-41,44H,5-15,17,20-21,24-27H2,1-4H3/t28-,30+,31-,33-,34+,35-,36-,37+,38-,39?,40+,41+/m1/s1. The second kappa shape index (κ2) is 20.0. The molecule has 0 aromatic heterocycles. The van der Waals surface area contributed by atoms with E-state index in [1.54, 1.807) is 0 Å². The van der Waals surface area contributed by atoms with Crippen LogP contribution in [0.4, 0.5) is 0 Å². The molecule has 5 aliphatic rings. The van der Waals surface area contributed by atoms with Gasteiger partial charge in [0, 0.05) is 12.0 Å². The summed E-state index contributed by atoms with van der Waals surface area (Å²) in [5.41, 5.74) is 0.827. The molecule has 5 heterocycles. The molecule has 11 nitrogen and oxygen atoms in total. The number of ether oxygens (including phenoxy) is 9. The average molecular weight is 747 g/mol. The minimum Gasteiger partial charge on any atom is -0.456 e. The predicted molar refractivity (Wildman–Crippen MR) is 197 cm³/mol. The average Bonchev–Trinajstić information content (AvgIpc) is 3.48. The van der Waals surface area contributed by atoms with E-state index in [-0.39, 0.29) is 31.2 Å². The number of esters is 1. The van der Waals surface area contributed by atoms with Gasteiger partial charge in [0.25, 0.3) is 0 Å². The number of carbonyl (C=O) groups is 1. The lowest BCUT2D eigenvalue weighted by Gasteiger charge is -2.49. The topological polar surface area (TPSA) is 120 Å². The normalized spacial score (nSPS) is 39.5. The van der Waals surface area contributed by atoms with Gasteiger partial charge in [-0.3, -0.25) is 4.79 Å². The van der Waals surface area contributed by atoms with Crippen molar-refractivity contribution in [3.05, 3.63) is 35.9 Å². The van der Waals surface area contributed by atoms with Gasteiger partial charge in [-0.25, -0.2) is 0 Å². The molecular formula is C42H66O11. The summed E-state index contributed by atoms with van der Waals surface area (Å²) in [7, 11) is 0. The van der Waals surface area contributed by atoms with E-state index in [1.807, 2.05) is 51.1 Å². The first kappa shape index (κ1) is 41.0. The van der Waals surface area contributed by atoms with Gasteiger partial charge in [0.2, 0.25) is 0 Å². The van der Waals surface area contributed by atoms with Crippen LogP contribution in [0.5, 0.6) is 0 Å². The van der Waals surface area contributed by atoms with Crippen LogP contribution < -0.4 is 0 Å². The summed E-state index contributed by atoms with van der Waals surface area (Å²) < 4.78 is 58.2. The van der Waals surface area contributed by atoms with E-state index >= 15 is 0 Å². The lowest BCUT2D eigenvalue weighted by Crippen LogP contribution is -2.66. The Morgan fingerprint density at radius 2 is 1.40 bits per heavy atom. The Bertz CT molecular complexity index is 1230. The Kier molecular flexibility index (Phi) is 15.4. The quantitative estimate of drug-likeness (QED) is 0.235. The molecule has 0 spiro atoms. The molecule has 11 heteroatoms. The molecule has 1 unspecified atom stereocenters. The SMILES string of the molecule is CCCCC[C@H]1CCCCCCCCCCCCCC(=O)O[C@@H]2[C@@H](O)[C@H](O[C@H]3[C@H](O1)O[C@H](C)[C@@H]1OC(C)(C)O[C@@H]13)O[C@@H]1COC(c3ccccc3)O[C@@H]21. The Labute approximate surface area is 317 Å². The summed E-state index contributed by atoms with van der Waals surface area (Å²) in [4.78, 5) is 13.4. The van der Waals surface area contributed by atoms with Crippen molar-refractivity contribution in [2.75, 3.05) is 6.61 Å². The first-order valence-electron chi connectivity index (χ1n) is 20.9. The van der Waals surface area contributed by atoms with Crippen LogP contribution >= 0.6 is 0 Å². The second-order valence-electron chi connectivity index (χ2n) is 16.2. The van der Waals surface area contributed by atoms with Gasteiger partial charge in [-0.2, -0.15) is 0 Å². The molecule has 1 aromatic rings. The van der Waals surface area contributed by atoms with Crippen LogP contribution in [0.15, 0.2) is 30.3 Å². The molecule has 5 saturated heterocycles. The second-order valence-corrected chi connectivity index (χ2v) is 16.2. The highest BCUT2D eigenvalue weighted by atomic mass is 16.8. The van der Waals surface area contributed by atoms with Crippen LogP contribution in [0.1, 0.15) is 149 Å². The van der Waals surface area contributed by atoms with Gasteiger partial charge in [0.15, 0.2) is 30.8 Å². The smallest absolute Gasteiger partial charge is 0.306 e. The van der Waals surface area contributed by atoms with Crippen LogP contribution in [-0.2, 0) is 47.4 Å². The number of fused-ring (bicyclic) bond motifs is 7. The summed E-state index contributed by atoms with van der Waals surface area (Å²) >= 11 is 0. The largest absolute Gasteiger partial charge is 0.456 e. The fraction of sp³-hybridized carbons (Fsp3) is 0.833. The number of carbonyl (C=O) groups excluding carboxylic acids is 1. The molecule has 5 aliphatic heterocycles. The summed E-state index contributed by atoms with van der Waals surface area (Å²) in [5.74, 6) is -1.25. The highest BCUT2D eigenvalue weighted by Gasteiger charge is 2.58. The molecule has 0 saturated carbocycles. The number of unbranched alkanes of at least 4 members (excludes halogenated alkanes) is 2. The Balaban J connectivity index is 1.26. The number of benzene rings is 1. The molecule has 0 radical (unpaired) electrons. The van der Waals surface area contributed by atoms with Crippen molar-refractivity contribution in [1.29, 1.82) is 0 Å². The summed E-state index contributed by atoms with van der Waals surface area (Å²) in [6, 6.07) is 9.60. The number of hydrogen-bond acceptors (Lipinski definition) is 11. The van der Waals surface area contributed by atoms with E-state index in [2.05, 4.69) is 6.92 Å². The molecule has 0 amide bonds. The van der Waals surface area contributed by atoms with Gasteiger partial charge in [-0.1, -0.05) is 121 Å². The van der Waals surface area contributed by atoms with Crippen molar-refractivity contribution in [3.8, 4) is 0 Å². The van der Waals surface area contributed by atoms with Crippen LogP contribution in [0.2, 0.25) is 0 Å². The van der Waals surface area contributed by atoms with E-state index in [1.165, 1.54) is 44.9 Å². The van der Waals surface area contributed by atoms with Gasteiger partial charge < -0.3 is 47.7 Å². The molecule has 0 aliphatic carbocycles. The van der Waals surface area contributed by atoms with Crippen LogP contribution in [0, 0.1) is 0 Å². The summed E-state index contributed by atoms with van der Waals surface area (Å²) in [5, 5.41) is 12.0. The fourth-order valence-electron chi connectivity index (χ4n) is 8.49. The van der Waals surface area contributed by atoms with Crippen molar-refractivity contribution >= 4 is 5.97 Å². The third kappa shape index (κ3) is 11.2. The van der Waals surface area contributed by atoms with Gasteiger partial charge in [-0.15, -0.1) is 0 Å². The molecule has 53 heavy (non-hydrogen) atoms. The van der Waals surface area contributed by atoms with Gasteiger partial charge in [-0.05, 0) is 40.0 Å². The molecular weight excluding hydrogens is 680 g/mol. The maximum absolute atomic E-state index is 13.4. The zero-order chi connectivity index (χ0) is 37.2. The van der Waals surface area contributed by atoms with E-state index in [4.69, 9.17) is 42.6 Å². The van der Waals surface area contributed by atoms with Crippen molar-refractivity contribution in [1.82, 2.24) is 0 Å². The highest BCUT2D eigenvalue weighted by molar-refractivity contribution is 5.69. The number of aliphatic hydroxyl groups is 1. The monoisotopic (exact) mass is 746 g/mol. The Morgan fingerprint density at radius 3 is 2.11 bits per heavy atom. The van der Waals surface area contributed by atoms with Crippen molar-refractivity contribution in [3.63, 3.8) is 0 Å². The molecule has 12 atom stereocenters. The van der Waals surface area contributed by atoms with E-state index in [9.17, 15) is 9.90 Å². The third-order valence-corrected chi connectivity index (χ3v) is 11.4. The van der Waals surface area contributed by atoms with Crippen molar-refractivity contribution in [2.24, 2.45) is 0 Å². The molecule has 1 aromatic carbocycles. The lowest BCUT2D eigenvalue weighted by atomic mass is 9.96. The van der Waals surface area contributed by atoms with Crippen LogP contribution in [0.25, 0.3) is 0 Å². The minimum absolute atomic E-state index is 0.0244. The highest BCUT2D eigenvalue weighted by Crippen LogP contribution is 2.42. The molecule has 2 bridgehead atoms. The third-order valence-electron chi connectivity index (χ3n) is 11.4. The zero-order valence-corrected chi connectivity index (χ0v) is 32.6. The maximum atomic E-state index is 13.4. The molecule has 300 valence electrons. The number of hydrogen-bond donors (Lipinski definition) is 1. The molecule has 5 fully saturated rings. The van der Waals surface area contributed by atoms with E-state index < -0.39 is 67.4 Å². The van der Waals surface area contributed by atoms with Crippen molar-refractivity contribution < 1.29 is 52.5 Å². The van der Waals surface area contributed by atoms with Crippen molar-refractivity contribution in [2.45, 2.75) is 216 Å². The van der Waals surface area contributed by atoms with E-state index in [0.29, 0.717) is 0 Å². The maximum Gasteiger partial charge on any atom is 0.306 e. The minimum atomic E-state index is -1.37. The first-order valence-corrected chi connectivity index (χ1v) is 20.9. The number of rotatable bonds is 5. The lowest BCUT2D eigenvalue weighted by molar-refractivity contribution is -0.388. The Morgan fingerprint density at radius 1 is 0.717 bits per heavy atom. The van der Waals surface area contributed by atoms with Gasteiger partial charge in [0.05, 0.1) is 18.8 Å². The molecule has 6 rings (SSSR count). The van der Waals surface area contributed by atoms with Gasteiger partial charge >= 0.3 is 5.97 Å². The summed E-state index contributed by atoms with van der Waals surface area (Å²) in [6.45, 7) is 8.10. The zero-order valence-electron chi connectivity index (χ0n) is 32.6. The number of aliphatic hydroxyl groups excluding tert-OH is 1.